The molecule has 0 aliphatic heterocycles. The van der Waals surface area contributed by atoms with E-state index in [9.17, 15) is 0 Å². The Morgan fingerprint density at radius 1 is 1.31 bits per heavy atom. The highest BCUT2D eigenvalue weighted by molar-refractivity contribution is 5.80. The molecule has 3 rings (SSSR count). The Morgan fingerprint density at radius 3 is 2.46 bits per heavy atom. The van der Waals surface area contributed by atoms with Crippen molar-refractivity contribution in [2.24, 2.45) is 34.4 Å². The second-order valence-electron chi connectivity index (χ2n) is 4.95. The van der Waals surface area contributed by atoms with E-state index in [-0.39, 0.29) is 0 Å². The monoisotopic (exact) mass is 178 g/mol. The topological polar surface area (TPSA) is 38.4 Å². The first-order valence-electron chi connectivity index (χ1n) is 5.63. The number of aliphatic imine (C=N–C) groups is 1. The van der Waals surface area contributed by atoms with Crippen molar-refractivity contribution in [2.75, 3.05) is 0 Å². The van der Waals surface area contributed by atoms with E-state index >= 15 is 0 Å². The third kappa shape index (κ3) is 0.976. The van der Waals surface area contributed by atoms with Gasteiger partial charge < -0.3 is 5.73 Å². The summed E-state index contributed by atoms with van der Waals surface area (Å²) in [6, 6.07) is 0.645. The first kappa shape index (κ1) is 7.84. The molecule has 72 valence electrons. The average Bonchev–Trinajstić information content (AvgIpc) is 2.60. The maximum absolute atomic E-state index is 5.78. The Kier molecular flexibility index (Phi) is 1.50. The van der Waals surface area contributed by atoms with Crippen LogP contribution in [-0.2, 0) is 0 Å². The van der Waals surface area contributed by atoms with Gasteiger partial charge in [-0.05, 0) is 42.9 Å². The van der Waals surface area contributed by atoms with Gasteiger partial charge >= 0.3 is 0 Å². The highest BCUT2D eigenvalue weighted by atomic mass is 15.0. The van der Waals surface area contributed by atoms with Crippen molar-refractivity contribution in [3.63, 3.8) is 0 Å². The second kappa shape index (κ2) is 2.49. The molecule has 0 saturated heterocycles. The van der Waals surface area contributed by atoms with Crippen LogP contribution in [0.15, 0.2) is 4.99 Å². The second-order valence-corrected chi connectivity index (χ2v) is 4.95. The molecular weight excluding hydrogens is 160 g/mol. The van der Waals surface area contributed by atoms with Crippen molar-refractivity contribution >= 4 is 5.84 Å². The summed E-state index contributed by atoms with van der Waals surface area (Å²) in [4.78, 5) is 4.63. The molecule has 2 bridgehead atoms. The molecule has 0 radical (unpaired) electrons. The van der Waals surface area contributed by atoms with Crippen LogP contribution in [0.3, 0.4) is 0 Å². The minimum Gasteiger partial charge on any atom is -0.387 e. The van der Waals surface area contributed by atoms with Crippen LogP contribution < -0.4 is 5.73 Å². The summed E-state index contributed by atoms with van der Waals surface area (Å²) in [6.07, 6.45) is 5.38. The molecule has 0 aromatic heterocycles. The average molecular weight is 178 g/mol. The predicted octanol–water partition coefficient (Wildman–Crippen LogP) is 1.80. The lowest BCUT2D eigenvalue weighted by atomic mass is 10.0. The summed E-state index contributed by atoms with van der Waals surface area (Å²) in [5.74, 6) is 4.81. The Balaban J connectivity index is 1.73. The fourth-order valence-electron chi connectivity index (χ4n) is 3.73. The molecule has 2 heteroatoms. The molecule has 4 atom stereocenters. The van der Waals surface area contributed by atoms with Gasteiger partial charge in [0.2, 0.25) is 0 Å². The smallest absolute Gasteiger partial charge is 0.0937 e. The van der Waals surface area contributed by atoms with E-state index in [0.29, 0.717) is 6.04 Å². The number of amidine groups is 1. The van der Waals surface area contributed by atoms with E-state index < -0.39 is 0 Å². The first-order valence-corrected chi connectivity index (χ1v) is 5.63. The third-order valence-corrected chi connectivity index (χ3v) is 4.37. The zero-order valence-electron chi connectivity index (χ0n) is 8.24. The van der Waals surface area contributed by atoms with Gasteiger partial charge in [-0.25, -0.2) is 0 Å². The summed E-state index contributed by atoms with van der Waals surface area (Å²) in [5.41, 5.74) is 5.78. The van der Waals surface area contributed by atoms with E-state index in [2.05, 4.69) is 11.9 Å². The summed E-state index contributed by atoms with van der Waals surface area (Å²) in [5, 5.41) is 0. The fourth-order valence-corrected chi connectivity index (χ4v) is 3.73. The van der Waals surface area contributed by atoms with Gasteiger partial charge in [0.15, 0.2) is 0 Å². The molecular formula is C11H18N2. The van der Waals surface area contributed by atoms with Crippen molar-refractivity contribution < 1.29 is 0 Å². The molecule has 3 aliphatic carbocycles. The van der Waals surface area contributed by atoms with Gasteiger partial charge in [0.1, 0.15) is 0 Å². The van der Waals surface area contributed by atoms with Gasteiger partial charge in [-0.3, -0.25) is 4.99 Å². The molecule has 0 aromatic rings. The zero-order valence-corrected chi connectivity index (χ0v) is 8.24. The van der Waals surface area contributed by atoms with Gasteiger partial charge in [-0.15, -0.1) is 0 Å². The normalized spacial score (nSPS) is 52.4. The van der Waals surface area contributed by atoms with E-state index in [1.807, 2.05) is 0 Å². The molecule has 3 aliphatic rings. The molecule has 0 aromatic carbocycles. The van der Waals surface area contributed by atoms with Crippen LogP contribution in [0, 0.1) is 23.7 Å². The Bertz CT molecular complexity index is 243. The predicted molar refractivity (Wildman–Crippen MR) is 53.5 cm³/mol. The van der Waals surface area contributed by atoms with Crippen molar-refractivity contribution in [3.05, 3.63) is 0 Å². The molecule has 2 N–H and O–H groups in total. The molecule has 0 heterocycles. The number of hydrogen-bond acceptors (Lipinski definition) is 1. The van der Waals surface area contributed by atoms with Crippen LogP contribution in [0.25, 0.3) is 0 Å². The lowest BCUT2D eigenvalue weighted by molar-refractivity contribution is 0.456. The van der Waals surface area contributed by atoms with Crippen LogP contribution in [-0.4, -0.2) is 11.9 Å². The highest BCUT2D eigenvalue weighted by Crippen LogP contribution is 2.66. The van der Waals surface area contributed by atoms with Gasteiger partial charge in [0, 0.05) is 6.42 Å². The Hall–Kier alpha value is -0.530. The summed E-state index contributed by atoms with van der Waals surface area (Å²) < 4.78 is 0. The molecule has 2 nitrogen and oxygen atoms in total. The van der Waals surface area contributed by atoms with Crippen LogP contribution in [0.1, 0.15) is 32.6 Å². The molecule has 0 spiro atoms. The van der Waals surface area contributed by atoms with Crippen molar-refractivity contribution in [1.29, 1.82) is 0 Å². The van der Waals surface area contributed by atoms with Crippen LogP contribution in [0.2, 0.25) is 0 Å². The van der Waals surface area contributed by atoms with Gasteiger partial charge in [-0.2, -0.15) is 0 Å². The fraction of sp³-hybridized carbons (Fsp3) is 0.909. The standard InChI is InChI=1S/C11H18N2/c1-2-8(12)13-11-9-6-3-4-7(5-6)10(9)11/h6-7,9-11H,2-5H2,1H3,(H2,12,13). The highest BCUT2D eigenvalue weighted by Gasteiger charge is 2.65. The summed E-state index contributed by atoms with van der Waals surface area (Å²) in [7, 11) is 0. The number of nitrogens with zero attached hydrogens (tertiary/aromatic N) is 1. The number of rotatable bonds is 2. The van der Waals surface area contributed by atoms with Gasteiger partial charge in [-0.1, -0.05) is 6.92 Å². The van der Waals surface area contributed by atoms with Crippen molar-refractivity contribution in [3.8, 4) is 0 Å². The number of fused-ring (bicyclic) bond motifs is 5. The lowest BCUT2D eigenvalue weighted by Gasteiger charge is -2.05. The Morgan fingerprint density at radius 2 is 1.92 bits per heavy atom. The lowest BCUT2D eigenvalue weighted by Crippen LogP contribution is -2.12. The van der Waals surface area contributed by atoms with Gasteiger partial charge in [0.25, 0.3) is 0 Å². The maximum atomic E-state index is 5.78. The minimum atomic E-state index is 0.645. The summed E-state index contributed by atoms with van der Waals surface area (Å²) in [6.45, 7) is 2.09. The SMILES string of the molecule is CCC(N)=NC1C2C3CCC(C3)C12. The molecule has 3 saturated carbocycles. The summed E-state index contributed by atoms with van der Waals surface area (Å²) >= 11 is 0. The van der Waals surface area contributed by atoms with E-state index in [0.717, 1.165) is 35.9 Å². The van der Waals surface area contributed by atoms with Crippen LogP contribution >= 0.6 is 0 Å². The molecule has 0 amide bonds. The van der Waals surface area contributed by atoms with Crippen molar-refractivity contribution in [1.82, 2.24) is 0 Å². The Labute approximate surface area is 79.6 Å². The maximum Gasteiger partial charge on any atom is 0.0937 e. The molecule has 4 unspecified atom stereocenters. The van der Waals surface area contributed by atoms with Crippen LogP contribution in [0.5, 0.6) is 0 Å². The van der Waals surface area contributed by atoms with Gasteiger partial charge in [0.05, 0.1) is 11.9 Å². The van der Waals surface area contributed by atoms with Crippen LogP contribution in [0.4, 0.5) is 0 Å². The van der Waals surface area contributed by atoms with E-state index in [4.69, 9.17) is 5.73 Å². The number of hydrogen-bond donors (Lipinski definition) is 1. The minimum absolute atomic E-state index is 0.645. The third-order valence-electron chi connectivity index (χ3n) is 4.37. The molecule has 13 heavy (non-hydrogen) atoms. The quantitative estimate of drug-likeness (QED) is 0.508. The van der Waals surface area contributed by atoms with E-state index in [1.54, 1.807) is 0 Å². The largest absolute Gasteiger partial charge is 0.387 e. The van der Waals surface area contributed by atoms with E-state index in [1.165, 1.54) is 19.3 Å². The first-order chi connectivity index (χ1) is 6.31. The zero-order chi connectivity index (χ0) is 9.00. The number of nitrogens with two attached hydrogens (primary N) is 1. The van der Waals surface area contributed by atoms with Crippen molar-refractivity contribution in [2.45, 2.75) is 38.6 Å². The molecule has 3 fully saturated rings.